The Balaban J connectivity index is 1.58. The van der Waals surface area contributed by atoms with Crippen molar-refractivity contribution in [1.29, 1.82) is 0 Å². The van der Waals surface area contributed by atoms with E-state index in [9.17, 15) is 19.2 Å². The number of aromatic nitrogens is 3. The first-order valence-electron chi connectivity index (χ1n) is 8.79. The van der Waals surface area contributed by atoms with Crippen LogP contribution in [0.4, 0.5) is 4.79 Å². The molecule has 3 amide bonds. The molecule has 4 rings (SSSR count). The molecule has 0 bridgehead atoms. The van der Waals surface area contributed by atoms with Gasteiger partial charge in [0.05, 0.1) is 6.54 Å². The summed E-state index contributed by atoms with van der Waals surface area (Å²) in [7, 11) is 2.87. The van der Waals surface area contributed by atoms with Gasteiger partial charge in [-0.3, -0.25) is 23.6 Å². The van der Waals surface area contributed by atoms with Crippen LogP contribution in [-0.4, -0.2) is 37.0 Å². The number of hydrogen-bond donors (Lipinski definition) is 2. The fourth-order valence-electron chi connectivity index (χ4n) is 3.48. The smallest absolute Gasteiger partial charge is 0.330 e. The summed E-state index contributed by atoms with van der Waals surface area (Å²) in [4.78, 5) is 53.3. The van der Waals surface area contributed by atoms with E-state index in [4.69, 9.17) is 0 Å². The quantitative estimate of drug-likeness (QED) is 0.631. The molecule has 1 aliphatic rings. The molecule has 1 fully saturated rings. The van der Waals surface area contributed by atoms with E-state index in [0.29, 0.717) is 12.1 Å². The Kier molecular flexibility index (Phi) is 4.14. The number of amides is 3. The maximum absolute atomic E-state index is 12.8. The van der Waals surface area contributed by atoms with E-state index in [-0.39, 0.29) is 12.5 Å². The minimum atomic E-state index is -0.699. The molecule has 3 heterocycles. The zero-order chi connectivity index (χ0) is 20.0. The van der Waals surface area contributed by atoms with Gasteiger partial charge in [0.25, 0.3) is 11.5 Å². The van der Waals surface area contributed by atoms with Gasteiger partial charge in [0.2, 0.25) is 0 Å². The van der Waals surface area contributed by atoms with Gasteiger partial charge in [-0.25, -0.2) is 9.59 Å². The standard InChI is InChI=1S/C19H19N5O4/c1-22-12(8-16(25)23(2)19(22)28)10-24-17(26)15(21-18(24)27)7-11-9-20-14-6-4-3-5-13(11)14/h3-6,8-9,15,20H,7,10H2,1-2H3,(H,21,27). The summed E-state index contributed by atoms with van der Waals surface area (Å²) in [5.41, 5.74) is 1.19. The topological polar surface area (TPSA) is 109 Å². The Morgan fingerprint density at radius 2 is 1.79 bits per heavy atom. The molecule has 1 unspecified atom stereocenters. The van der Waals surface area contributed by atoms with Crippen LogP contribution in [0.1, 0.15) is 11.3 Å². The Morgan fingerprint density at radius 1 is 1.04 bits per heavy atom. The predicted octanol–water partition coefficient (Wildman–Crippen LogP) is 0.228. The molecule has 1 aliphatic heterocycles. The van der Waals surface area contributed by atoms with Gasteiger partial charge >= 0.3 is 11.7 Å². The van der Waals surface area contributed by atoms with Crippen molar-refractivity contribution < 1.29 is 9.59 Å². The molecule has 1 saturated heterocycles. The molecule has 2 aromatic heterocycles. The molecule has 144 valence electrons. The van der Waals surface area contributed by atoms with Crippen molar-refractivity contribution in [1.82, 2.24) is 24.3 Å². The van der Waals surface area contributed by atoms with E-state index in [2.05, 4.69) is 10.3 Å². The summed E-state index contributed by atoms with van der Waals surface area (Å²) in [6.07, 6.45) is 2.18. The molecule has 0 aliphatic carbocycles. The van der Waals surface area contributed by atoms with E-state index in [1.165, 1.54) is 24.7 Å². The maximum atomic E-state index is 12.8. The van der Waals surface area contributed by atoms with Crippen LogP contribution in [0, 0.1) is 0 Å². The van der Waals surface area contributed by atoms with Crippen molar-refractivity contribution >= 4 is 22.8 Å². The predicted molar refractivity (Wildman–Crippen MR) is 102 cm³/mol. The number of nitrogens with one attached hydrogen (secondary N) is 2. The molecule has 28 heavy (non-hydrogen) atoms. The first kappa shape index (κ1) is 17.8. The molecular formula is C19H19N5O4. The van der Waals surface area contributed by atoms with Crippen LogP contribution in [0.5, 0.6) is 0 Å². The lowest BCUT2D eigenvalue weighted by Crippen LogP contribution is -2.40. The SMILES string of the molecule is Cn1c(CN2C(=O)NC(Cc3c[nH]c4ccccc34)C2=O)cc(=O)n(C)c1=O. The van der Waals surface area contributed by atoms with E-state index < -0.39 is 23.3 Å². The molecular weight excluding hydrogens is 362 g/mol. The lowest BCUT2D eigenvalue weighted by molar-refractivity contribution is -0.127. The number of nitrogens with zero attached hydrogens (tertiary/aromatic N) is 3. The summed E-state index contributed by atoms with van der Waals surface area (Å²) in [5, 5.41) is 3.69. The summed E-state index contributed by atoms with van der Waals surface area (Å²) in [6.45, 7) is -0.142. The number of para-hydroxylation sites is 1. The third-order valence-corrected chi connectivity index (χ3v) is 5.15. The Bertz CT molecular complexity index is 1220. The van der Waals surface area contributed by atoms with Crippen LogP contribution in [0.3, 0.4) is 0 Å². The molecule has 1 atom stereocenters. The largest absolute Gasteiger partial charge is 0.361 e. The Morgan fingerprint density at radius 3 is 2.57 bits per heavy atom. The fourth-order valence-corrected chi connectivity index (χ4v) is 3.48. The third-order valence-electron chi connectivity index (χ3n) is 5.15. The van der Waals surface area contributed by atoms with E-state index >= 15 is 0 Å². The molecule has 3 aromatic rings. The second-order valence-corrected chi connectivity index (χ2v) is 6.86. The molecule has 0 saturated carbocycles. The van der Waals surface area contributed by atoms with Gasteiger partial charge in [0, 0.05) is 49.4 Å². The van der Waals surface area contributed by atoms with Gasteiger partial charge in [-0.2, -0.15) is 0 Å². The Labute approximate surface area is 159 Å². The van der Waals surface area contributed by atoms with Crippen LogP contribution < -0.4 is 16.6 Å². The maximum Gasteiger partial charge on any atom is 0.330 e. The zero-order valence-electron chi connectivity index (χ0n) is 15.4. The van der Waals surface area contributed by atoms with E-state index in [1.807, 2.05) is 30.5 Å². The average Bonchev–Trinajstić information content (AvgIpc) is 3.20. The van der Waals surface area contributed by atoms with Crippen molar-refractivity contribution in [3.8, 4) is 0 Å². The van der Waals surface area contributed by atoms with Gasteiger partial charge in [0.1, 0.15) is 6.04 Å². The van der Waals surface area contributed by atoms with Gasteiger partial charge in [-0.15, -0.1) is 0 Å². The zero-order valence-corrected chi connectivity index (χ0v) is 15.4. The first-order valence-corrected chi connectivity index (χ1v) is 8.79. The monoisotopic (exact) mass is 381 g/mol. The lowest BCUT2D eigenvalue weighted by Gasteiger charge is -2.15. The van der Waals surface area contributed by atoms with Crippen molar-refractivity contribution in [2.24, 2.45) is 14.1 Å². The van der Waals surface area contributed by atoms with Crippen LogP contribution in [0.25, 0.3) is 10.9 Å². The van der Waals surface area contributed by atoms with Crippen molar-refractivity contribution in [3.63, 3.8) is 0 Å². The number of hydrogen-bond acceptors (Lipinski definition) is 4. The minimum Gasteiger partial charge on any atom is -0.361 e. The number of benzene rings is 1. The summed E-state index contributed by atoms with van der Waals surface area (Å²) in [5.74, 6) is -0.386. The van der Waals surface area contributed by atoms with Crippen LogP contribution in [-0.2, 0) is 31.9 Å². The number of imide groups is 1. The molecule has 9 heteroatoms. The molecule has 0 spiro atoms. The minimum absolute atomic E-state index is 0.142. The van der Waals surface area contributed by atoms with Crippen LogP contribution in [0.2, 0.25) is 0 Å². The number of fused-ring (bicyclic) bond motifs is 1. The normalized spacial score (nSPS) is 16.8. The number of urea groups is 1. The number of aromatic amines is 1. The second kappa shape index (κ2) is 6.52. The molecule has 0 radical (unpaired) electrons. The van der Waals surface area contributed by atoms with E-state index in [1.54, 1.807) is 0 Å². The summed E-state index contributed by atoms with van der Waals surface area (Å²) >= 11 is 0. The van der Waals surface area contributed by atoms with Gasteiger partial charge in [0.15, 0.2) is 0 Å². The second-order valence-electron chi connectivity index (χ2n) is 6.86. The average molecular weight is 381 g/mol. The lowest BCUT2D eigenvalue weighted by atomic mass is 10.1. The van der Waals surface area contributed by atoms with Crippen molar-refractivity contribution in [3.05, 3.63) is 68.6 Å². The third kappa shape index (κ3) is 2.81. The van der Waals surface area contributed by atoms with Gasteiger partial charge < -0.3 is 10.3 Å². The van der Waals surface area contributed by atoms with Crippen LogP contribution >= 0.6 is 0 Å². The highest BCUT2D eigenvalue weighted by atomic mass is 16.2. The van der Waals surface area contributed by atoms with Gasteiger partial charge in [-0.05, 0) is 11.6 Å². The highest BCUT2D eigenvalue weighted by molar-refractivity contribution is 6.04. The Hall–Kier alpha value is -3.62. The molecule has 1 aromatic carbocycles. The summed E-state index contributed by atoms with van der Waals surface area (Å²) in [6, 6.07) is 7.75. The number of H-pyrrole nitrogens is 1. The molecule has 9 nitrogen and oxygen atoms in total. The highest BCUT2D eigenvalue weighted by Crippen LogP contribution is 2.21. The van der Waals surface area contributed by atoms with E-state index in [0.717, 1.165) is 25.9 Å². The summed E-state index contributed by atoms with van der Waals surface area (Å²) < 4.78 is 2.23. The highest BCUT2D eigenvalue weighted by Gasteiger charge is 2.38. The van der Waals surface area contributed by atoms with Gasteiger partial charge in [-0.1, -0.05) is 18.2 Å². The number of carbonyl (C=O) groups excluding carboxylic acids is 2. The fraction of sp³-hybridized carbons (Fsp3) is 0.263. The van der Waals surface area contributed by atoms with Crippen LogP contribution in [0.15, 0.2) is 46.1 Å². The molecule has 2 N–H and O–H groups in total. The van der Waals surface area contributed by atoms with Crippen molar-refractivity contribution in [2.45, 2.75) is 19.0 Å². The first-order chi connectivity index (χ1) is 13.4. The number of rotatable bonds is 4. The number of carbonyl (C=O) groups is 2. The van der Waals surface area contributed by atoms with Crippen molar-refractivity contribution in [2.75, 3.05) is 0 Å².